The van der Waals surface area contributed by atoms with Gasteiger partial charge in [0.05, 0.1) is 28.9 Å². The van der Waals surface area contributed by atoms with E-state index in [0.29, 0.717) is 13.0 Å². The number of aromatic nitrogens is 3. The second kappa shape index (κ2) is 8.91. The SMILES string of the molecule is O=c1cc(-c2c(Cl)cnn(C3CCCCO3)c2=O)ccn1Cc1ccccc1C(F)(F)F. The fraction of sp³-hybridized carbons (Fsp3) is 0.318. The summed E-state index contributed by atoms with van der Waals surface area (Å²) < 4.78 is 47.8. The average Bonchev–Trinajstić information content (AvgIpc) is 2.76. The molecule has 0 radical (unpaired) electrons. The Kier molecular flexibility index (Phi) is 6.21. The molecule has 1 fully saturated rings. The van der Waals surface area contributed by atoms with Gasteiger partial charge in [0, 0.05) is 18.9 Å². The summed E-state index contributed by atoms with van der Waals surface area (Å²) in [7, 11) is 0. The third-order valence-corrected chi connectivity index (χ3v) is 5.62. The molecular weight excluding hydrogens is 447 g/mol. The van der Waals surface area contributed by atoms with Crippen molar-refractivity contribution in [1.82, 2.24) is 14.3 Å². The predicted molar refractivity (Wildman–Crippen MR) is 113 cm³/mol. The van der Waals surface area contributed by atoms with Crippen LogP contribution in [0.5, 0.6) is 0 Å². The van der Waals surface area contributed by atoms with Gasteiger partial charge < -0.3 is 9.30 Å². The maximum Gasteiger partial charge on any atom is 0.416 e. The van der Waals surface area contributed by atoms with Crippen LogP contribution < -0.4 is 11.1 Å². The fourth-order valence-electron chi connectivity index (χ4n) is 3.74. The first kappa shape index (κ1) is 22.3. The molecule has 1 aromatic carbocycles. The molecule has 168 valence electrons. The van der Waals surface area contributed by atoms with E-state index in [2.05, 4.69) is 5.10 Å². The summed E-state index contributed by atoms with van der Waals surface area (Å²) in [6, 6.07) is 7.74. The number of alkyl halides is 3. The third kappa shape index (κ3) is 4.49. The highest BCUT2D eigenvalue weighted by Crippen LogP contribution is 2.32. The van der Waals surface area contributed by atoms with E-state index in [0.717, 1.165) is 23.5 Å². The Labute approximate surface area is 185 Å². The molecule has 1 unspecified atom stereocenters. The van der Waals surface area contributed by atoms with Crippen molar-refractivity contribution in [3.8, 4) is 11.1 Å². The molecule has 3 aromatic rings. The predicted octanol–water partition coefficient (Wildman–Crippen LogP) is 4.49. The monoisotopic (exact) mass is 465 g/mol. The number of ether oxygens (including phenoxy) is 1. The molecular formula is C22H19ClF3N3O3. The first-order valence-electron chi connectivity index (χ1n) is 10.0. The van der Waals surface area contributed by atoms with Crippen molar-refractivity contribution in [3.05, 3.63) is 85.6 Å². The zero-order valence-corrected chi connectivity index (χ0v) is 17.6. The molecule has 0 aliphatic carbocycles. The van der Waals surface area contributed by atoms with Crippen LogP contribution in [0.15, 0.2) is 58.4 Å². The van der Waals surface area contributed by atoms with Crippen LogP contribution in [0.2, 0.25) is 5.02 Å². The Hall–Kier alpha value is -2.91. The van der Waals surface area contributed by atoms with E-state index in [4.69, 9.17) is 16.3 Å². The van der Waals surface area contributed by atoms with Gasteiger partial charge in [0.15, 0.2) is 6.23 Å². The van der Waals surface area contributed by atoms with E-state index >= 15 is 0 Å². The molecule has 3 heterocycles. The summed E-state index contributed by atoms with van der Waals surface area (Å²) in [6.07, 6.45) is 0.0641. The zero-order chi connectivity index (χ0) is 22.9. The number of halogens is 4. The quantitative estimate of drug-likeness (QED) is 0.569. The van der Waals surface area contributed by atoms with Crippen LogP contribution in [-0.4, -0.2) is 21.0 Å². The lowest BCUT2D eigenvalue weighted by Gasteiger charge is -2.23. The molecule has 0 bridgehead atoms. The molecule has 4 rings (SSSR count). The maximum atomic E-state index is 13.3. The van der Waals surface area contributed by atoms with Crippen molar-refractivity contribution >= 4 is 11.6 Å². The Morgan fingerprint density at radius 2 is 1.94 bits per heavy atom. The van der Waals surface area contributed by atoms with Crippen LogP contribution in [0.1, 0.15) is 36.6 Å². The molecule has 6 nitrogen and oxygen atoms in total. The van der Waals surface area contributed by atoms with Crippen LogP contribution in [0.4, 0.5) is 13.2 Å². The van der Waals surface area contributed by atoms with Gasteiger partial charge in [0.1, 0.15) is 0 Å². The zero-order valence-electron chi connectivity index (χ0n) is 16.8. The molecule has 0 saturated carbocycles. The number of hydrogen-bond donors (Lipinski definition) is 0. The van der Waals surface area contributed by atoms with Crippen LogP contribution >= 0.6 is 11.6 Å². The highest BCUT2D eigenvalue weighted by Gasteiger charge is 2.33. The number of benzene rings is 1. The largest absolute Gasteiger partial charge is 0.416 e. The number of nitrogens with zero attached hydrogens (tertiary/aromatic N) is 3. The molecule has 0 N–H and O–H groups in total. The van der Waals surface area contributed by atoms with Gasteiger partial charge in [-0.15, -0.1) is 0 Å². The minimum absolute atomic E-state index is 0.0337. The summed E-state index contributed by atoms with van der Waals surface area (Å²) in [6.45, 7) is 0.255. The van der Waals surface area contributed by atoms with E-state index in [-0.39, 0.29) is 28.3 Å². The topological polar surface area (TPSA) is 66.1 Å². The minimum atomic E-state index is -4.53. The van der Waals surface area contributed by atoms with E-state index < -0.39 is 29.1 Å². The molecule has 10 heteroatoms. The van der Waals surface area contributed by atoms with Gasteiger partial charge in [-0.25, -0.2) is 4.68 Å². The number of pyridine rings is 1. The van der Waals surface area contributed by atoms with Gasteiger partial charge >= 0.3 is 6.18 Å². The average molecular weight is 466 g/mol. The lowest BCUT2D eigenvalue weighted by Crippen LogP contribution is -2.32. The standard InChI is InChI=1S/C22H19ClF3N3O3/c23-17-12-27-29(19-7-3-4-10-32-19)21(31)20(17)14-8-9-28(18(30)11-14)13-15-5-1-2-6-16(15)22(24,25)26/h1-2,5-6,8-9,11-12,19H,3-4,7,10,13H2. The summed E-state index contributed by atoms with van der Waals surface area (Å²) in [5, 5.41) is 4.14. The smallest absolute Gasteiger partial charge is 0.356 e. The molecule has 32 heavy (non-hydrogen) atoms. The number of rotatable bonds is 4. The van der Waals surface area contributed by atoms with Crippen molar-refractivity contribution < 1.29 is 17.9 Å². The van der Waals surface area contributed by atoms with E-state index in [9.17, 15) is 22.8 Å². The minimum Gasteiger partial charge on any atom is -0.356 e. The van der Waals surface area contributed by atoms with Crippen molar-refractivity contribution in [2.45, 2.75) is 38.2 Å². The second-order valence-electron chi connectivity index (χ2n) is 7.47. The highest BCUT2D eigenvalue weighted by molar-refractivity contribution is 6.33. The maximum absolute atomic E-state index is 13.3. The summed E-state index contributed by atoms with van der Waals surface area (Å²) in [4.78, 5) is 25.7. The molecule has 1 atom stereocenters. The van der Waals surface area contributed by atoms with Gasteiger partial charge in [-0.1, -0.05) is 29.8 Å². The van der Waals surface area contributed by atoms with E-state index in [1.54, 1.807) is 0 Å². The van der Waals surface area contributed by atoms with Crippen molar-refractivity contribution in [2.24, 2.45) is 0 Å². The lowest BCUT2D eigenvalue weighted by atomic mass is 10.1. The molecule has 0 spiro atoms. The molecule has 1 aliphatic rings. The summed E-state index contributed by atoms with van der Waals surface area (Å²) >= 11 is 6.22. The van der Waals surface area contributed by atoms with Crippen molar-refractivity contribution in [1.29, 1.82) is 0 Å². The molecule has 1 saturated heterocycles. The fourth-order valence-corrected chi connectivity index (χ4v) is 3.98. The van der Waals surface area contributed by atoms with E-state index in [1.165, 1.54) is 47.4 Å². The van der Waals surface area contributed by atoms with Gasteiger partial charge in [0.25, 0.3) is 11.1 Å². The van der Waals surface area contributed by atoms with Crippen LogP contribution in [-0.2, 0) is 17.5 Å². The third-order valence-electron chi connectivity index (χ3n) is 5.33. The first-order chi connectivity index (χ1) is 15.3. The van der Waals surface area contributed by atoms with Crippen LogP contribution in [0, 0.1) is 0 Å². The Bertz CT molecular complexity index is 1250. The summed E-state index contributed by atoms with van der Waals surface area (Å²) in [5.41, 5.74) is -1.54. The Morgan fingerprint density at radius 1 is 1.16 bits per heavy atom. The van der Waals surface area contributed by atoms with Crippen LogP contribution in [0.25, 0.3) is 11.1 Å². The Balaban J connectivity index is 1.69. The van der Waals surface area contributed by atoms with Gasteiger partial charge in [-0.2, -0.15) is 18.3 Å². The van der Waals surface area contributed by atoms with Gasteiger partial charge in [0.2, 0.25) is 0 Å². The number of hydrogen-bond acceptors (Lipinski definition) is 4. The molecule has 1 aliphatic heterocycles. The highest BCUT2D eigenvalue weighted by atomic mass is 35.5. The summed E-state index contributed by atoms with van der Waals surface area (Å²) in [5.74, 6) is 0. The van der Waals surface area contributed by atoms with Gasteiger partial charge in [-0.3, -0.25) is 9.59 Å². The lowest BCUT2D eigenvalue weighted by molar-refractivity contribution is -0.138. The van der Waals surface area contributed by atoms with Crippen molar-refractivity contribution in [3.63, 3.8) is 0 Å². The van der Waals surface area contributed by atoms with Gasteiger partial charge in [-0.05, 0) is 42.5 Å². The normalized spacial score (nSPS) is 16.8. The van der Waals surface area contributed by atoms with E-state index in [1.807, 2.05) is 0 Å². The second-order valence-corrected chi connectivity index (χ2v) is 7.88. The molecule has 0 amide bonds. The molecule has 2 aromatic heterocycles. The first-order valence-corrected chi connectivity index (χ1v) is 10.4. The van der Waals surface area contributed by atoms with Crippen LogP contribution in [0.3, 0.4) is 0 Å². The van der Waals surface area contributed by atoms with Crippen molar-refractivity contribution in [2.75, 3.05) is 6.61 Å². The Morgan fingerprint density at radius 3 is 2.62 bits per heavy atom.